The number of terminal acetylenes is 1. The van der Waals surface area contributed by atoms with E-state index in [9.17, 15) is 18.4 Å². The zero-order chi connectivity index (χ0) is 16.3. The number of benzene rings is 1. The molecule has 4 nitrogen and oxygen atoms in total. The number of fused-ring (bicyclic) bond motifs is 1. The molecule has 114 valence electrons. The predicted molar refractivity (Wildman–Crippen MR) is 79.6 cm³/mol. The van der Waals surface area contributed by atoms with Crippen molar-refractivity contribution >= 4 is 16.7 Å². The zero-order valence-electron chi connectivity index (χ0n) is 12.0. The van der Waals surface area contributed by atoms with Gasteiger partial charge in [-0.1, -0.05) is 12.8 Å². The van der Waals surface area contributed by atoms with Gasteiger partial charge in [-0.25, -0.2) is 8.78 Å². The van der Waals surface area contributed by atoms with Crippen molar-refractivity contribution in [3.63, 3.8) is 0 Å². The van der Waals surface area contributed by atoms with E-state index in [1.807, 2.05) is 6.92 Å². The summed E-state index contributed by atoms with van der Waals surface area (Å²) in [6.45, 7) is 2.18. The maximum atomic E-state index is 13.3. The fourth-order valence-corrected chi connectivity index (χ4v) is 2.11. The molecule has 0 saturated carbocycles. The van der Waals surface area contributed by atoms with Crippen LogP contribution in [0.4, 0.5) is 8.78 Å². The molecule has 0 atom stereocenters. The molecule has 1 aromatic heterocycles. The number of carbonyl (C=O) groups is 1. The van der Waals surface area contributed by atoms with Gasteiger partial charge in [-0.15, -0.1) is 6.42 Å². The van der Waals surface area contributed by atoms with Crippen molar-refractivity contribution in [2.75, 3.05) is 6.54 Å². The average molecular weight is 304 g/mol. The predicted octanol–water partition coefficient (Wildman–Crippen LogP) is 2.05. The Bertz CT molecular complexity index is 835. The highest BCUT2D eigenvalue weighted by atomic mass is 19.2. The molecular weight excluding hydrogens is 290 g/mol. The van der Waals surface area contributed by atoms with Gasteiger partial charge in [0.05, 0.1) is 11.9 Å². The van der Waals surface area contributed by atoms with Crippen molar-refractivity contribution < 1.29 is 13.6 Å². The Morgan fingerprint density at radius 2 is 2.00 bits per heavy atom. The van der Waals surface area contributed by atoms with Crippen molar-refractivity contribution in [1.82, 2.24) is 9.88 Å². The van der Waals surface area contributed by atoms with Crippen LogP contribution in [0.1, 0.15) is 23.8 Å². The van der Waals surface area contributed by atoms with E-state index < -0.39 is 23.1 Å². The minimum Gasteiger partial charge on any atom is -0.351 e. The molecule has 1 aromatic carbocycles. The molecule has 1 amide bonds. The number of aromatic nitrogens is 1. The molecule has 0 aliphatic heterocycles. The summed E-state index contributed by atoms with van der Waals surface area (Å²) >= 11 is 0. The number of nitrogens with zero attached hydrogens (tertiary/aromatic N) is 1. The first kappa shape index (κ1) is 15.7. The van der Waals surface area contributed by atoms with Gasteiger partial charge in [0, 0.05) is 6.54 Å². The molecule has 0 unspecified atom stereocenters. The zero-order valence-corrected chi connectivity index (χ0v) is 12.0. The maximum absolute atomic E-state index is 13.3. The SMILES string of the molecule is C#CCn1c(C(=O)NCCC)cc2cc(F)c(F)cc2c1=O. The molecule has 0 spiro atoms. The van der Waals surface area contributed by atoms with Gasteiger partial charge in [0.1, 0.15) is 5.69 Å². The minimum absolute atomic E-state index is 0.0231. The normalized spacial score (nSPS) is 10.5. The average Bonchev–Trinajstić information content (AvgIpc) is 2.49. The van der Waals surface area contributed by atoms with Gasteiger partial charge in [-0.2, -0.15) is 0 Å². The van der Waals surface area contributed by atoms with Crippen LogP contribution in [0.5, 0.6) is 0 Å². The lowest BCUT2D eigenvalue weighted by Crippen LogP contribution is -2.32. The summed E-state index contributed by atoms with van der Waals surface area (Å²) in [6, 6.07) is 3.04. The summed E-state index contributed by atoms with van der Waals surface area (Å²) in [4.78, 5) is 24.5. The van der Waals surface area contributed by atoms with Gasteiger partial charge in [-0.05, 0) is 30.0 Å². The standard InChI is InChI=1S/C16H14F2N2O2/c1-3-5-19-15(21)14-8-10-7-12(17)13(18)9-11(10)16(22)20(14)6-4-2/h2,7-9H,3,5-6H2,1H3,(H,19,21). The lowest BCUT2D eigenvalue weighted by Gasteiger charge is -2.12. The summed E-state index contributed by atoms with van der Waals surface area (Å²) in [5, 5.41) is 2.76. The quantitative estimate of drug-likeness (QED) is 0.879. The molecule has 0 radical (unpaired) electrons. The number of carbonyl (C=O) groups excluding carboxylic acids is 1. The Hall–Kier alpha value is -2.68. The van der Waals surface area contributed by atoms with Crippen molar-refractivity contribution in [1.29, 1.82) is 0 Å². The van der Waals surface area contributed by atoms with Crippen LogP contribution in [-0.2, 0) is 6.54 Å². The second-order valence-electron chi connectivity index (χ2n) is 4.73. The Kier molecular flexibility index (Phi) is 4.56. The Balaban J connectivity index is 2.71. The van der Waals surface area contributed by atoms with E-state index >= 15 is 0 Å². The summed E-state index contributed by atoms with van der Waals surface area (Å²) in [7, 11) is 0. The van der Waals surface area contributed by atoms with E-state index in [0.29, 0.717) is 6.54 Å². The Morgan fingerprint density at radius 3 is 2.64 bits per heavy atom. The molecule has 0 aliphatic rings. The third kappa shape index (κ3) is 2.84. The van der Waals surface area contributed by atoms with Crippen molar-refractivity contribution in [3.8, 4) is 12.3 Å². The molecule has 0 bridgehead atoms. The van der Waals surface area contributed by atoms with Crippen LogP contribution in [-0.4, -0.2) is 17.0 Å². The highest BCUT2D eigenvalue weighted by Gasteiger charge is 2.16. The van der Waals surface area contributed by atoms with Gasteiger partial charge >= 0.3 is 0 Å². The van der Waals surface area contributed by atoms with Crippen molar-refractivity contribution in [3.05, 3.63) is 45.9 Å². The molecule has 1 heterocycles. The second kappa shape index (κ2) is 6.39. The number of rotatable bonds is 4. The number of pyridine rings is 1. The molecule has 0 fully saturated rings. The first-order valence-corrected chi connectivity index (χ1v) is 6.73. The Morgan fingerprint density at radius 1 is 1.32 bits per heavy atom. The maximum Gasteiger partial charge on any atom is 0.268 e. The van der Waals surface area contributed by atoms with E-state index in [0.717, 1.165) is 23.1 Å². The smallest absolute Gasteiger partial charge is 0.268 e. The van der Waals surface area contributed by atoms with Crippen LogP contribution in [0.15, 0.2) is 23.0 Å². The van der Waals surface area contributed by atoms with Crippen LogP contribution in [0.2, 0.25) is 0 Å². The van der Waals surface area contributed by atoms with Crippen molar-refractivity contribution in [2.45, 2.75) is 19.9 Å². The highest BCUT2D eigenvalue weighted by molar-refractivity contribution is 5.96. The minimum atomic E-state index is -1.12. The van der Waals surface area contributed by atoms with Gasteiger partial charge in [0.25, 0.3) is 11.5 Å². The summed E-state index contributed by atoms with van der Waals surface area (Å²) < 4.78 is 27.8. The summed E-state index contributed by atoms with van der Waals surface area (Å²) in [5.74, 6) is -0.410. The fourth-order valence-electron chi connectivity index (χ4n) is 2.11. The molecular formula is C16H14F2N2O2. The number of nitrogens with one attached hydrogen (secondary N) is 1. The number of halogens is 2. The van der Waals surface area contributed by atoms with Crippen LogP contribution in [0.25, 0.3) is 10.8 Å². The van der Waals surface area contributed by atoms with Gasteiger partial charge in [-0.3, -0.25) is 14.2 Å². The molecule has 22 heavy (non-hydrogen) atoms. The topological polar surface area (TPSA) is 51.1 Å². The summed E-state index contributed by atoms with van der Waals surface area (Å²) in [6.07, 6.45) is 5.94. The van der Waals surface area contributed by atoms with E-state index in [2.05, 4.69) is 11.2 Å². The van der Waals surface area contributed by atoms with Crippen LogP contribution in [0, 0.1) is 24.0 Å². The van der Waals surface area contributed by atoms with Gasteiger partial charge in [0.2, 0.25) is 0 Å². The number of hydrogen-bond donors (Lipinski definition) is 1. The van der Waals surface area contributed by atoms with Crippen LogP contribution < -0.4 is 10.9 Å². The lowest BCUT2D eigenvalue weighted by atomic mass is 10.1. The third-order valence-corrected chi connectivity index (χ3v) is 3.17. The lowest BCUT2D eigenvalue weighted by molar-refractivity contribution is 0.0944. The van der Waals surface area contributed by atoms with Crippen LogP contribution >= 0.6 is 0 Å². The van der Waals surface area contributed by atoms with E-state index in [4.69, 9.17) is 6.42 Å². The molecule has 1 N–H and O–H groups in total. The first-order valence-electron chi connectivity index (χ1n) is 6.73. The van der Waals surface area contributed by atoms with Crippen molar-refractivity contribution in [2.24, 2.45) is 0 Å². The van der Waals surface area contributed by atoms with Gasteiger partial charge in [0.15, 0.2) is 11.6 Å². The van der Waals surface area contributed by atoms with E-state index in [-0.39, 0.29) is 23.0 Å². The largest absolute Gasteiger partial charge is 0.351 e. The highest BCUT2D eigenvalue weighted by Crippen LogP contribution is 2.17. The molecule has 0 saturated heterocycles. The monoisotopic (exact) mass is 304 g/mol. The third-order valence-electron chi connectivity index (χ3n) is 3.17. The molecule has 6 heteroatoms. The van der Waals surface area contributed by atoms with E-state index in [1.54, 1.807) is 0 Å². The first-order chi connectivity index (χ1) is 10.5. The second-order valence-corrected chi connectivity index (χ2v) is 4.73. The Labute approximate surface area is 125 Å². The van der Waals surface area contributed by atoms with Gasteiger partial charge < -0.3 is 5.32 Å². The number of hydrogen-bond acceptors (Lipinski definition) is 2. The molecule has 2 rings (SSSR count). The fraction of sp³-hybridized carbons (Fsp3) is 0.250. The summed E-state index contributed by atoms with van der Waals surface area (Å²) in [5.41, 5.74) is -0.606. The number of amides is 1. The molecule has 0 aliphatic carbocycles. The molecule has 2 aromatic rings. The van der Waals surface area contributed by atoms with E-state index in [1.165, 1.54) is 6.07 Å². The van der Waals surface area contributed by atoms with Crippen LogP contribution in [0.3, 0.4) is 0 Å².